The van der Waals surface area contributed by atoms with Crippen molar-refractivity contribution in [1.82, 2.24) is 5.32 Å². The Labute approximate surface area is 132 Å². The van der Waals surface area contributed by atoms with Gasteiger partial charge in [0.25, 0.3) is 0 Å². The lowest BCUT2D eigenvalue weighted by molar-refractivity contribution is -0.123. The van der Waals surface area contributed by atoms with Crippen molar-refractivity contribution in [2.45, 2.75) is 20.3 Å². The Morgan fingerprint density at radius 1 is 1.60 bits per heavy atom. The quantitative estimate of drug-likeness (QED) is 0.864. The zero-order valence-electron chi connectivity index (χ0n) is 11.6. The maximum Gasteiger partial charge on any atom is 0.231 e. The summed E-state index contributed by atoms with van der Waals surface area (Å²) in [6.45, 7) is 5.92. The van der Waals surface area contributed by atoms with Crippen molar-refractivity contribution >= 4 is 39.1 Å². The lowest BCUT2D eigenvalue weighted by atomic mass is 9.88. The van der Waals surface area contributed by atoms with Gasteiger partial charge in [0.2, 0.25) is 5.91 Å². The first-order valence-electron chi connectivity index (χ1n) is 6.60. The van der Waals surface area contributed by atoms with Gasteiger partial charge in [0.1, 0.15) is 0 Å². The van der Waals surface area contributed by atoms with Gasteiger partial charge in [0.15, 0.2) is 5.75 Å². The Balaban J connectivity index is 2.26. The van der Waals surface area contributed by atoms with Gasteiger partial charge in [-0.25, -0.2) is 0 Å². The maximum absolute atomic E-state index is 12.5. The average Bonchev–Trinajstić information content (AvgIpc) is 2.82. The Morgan fingerprint density at radius 3 is 2.95 bits per heavy atom. The normalized spacial score (nSPS) is 21.8. The zero-order valence-corrected chi connectivity index (χ0v) is 13.9. The molecule has 0 spiro atoms. The summed E-state index contributed by atoms with van der Waals surface area (Å²) in [6.07, 6.45) is 0.824. The van der Waals surface area contributed by atoms with Crippen LogP contribution in [0.15, 0.2) is 16.6 Å². The molecule has 0 aromatic heterocycles. The van der Waals surface area contributed by atoms with E-state index in [4.69, 9.17) is 16.3 Å². The molecular formula is C14H18BrClN2O2. The van der Waals surface area contributed by atoms with E-state index in [0.29, 0.717) is 29.6 Å². The number of ether oxygens (including phenoxy) is 1. The largest absolute Gasteiger partial charge is 0.491 e. The summed E-state index contributed by atoms with van der Waals surface area (Å²) in [4.78, 5) is 12.5. The van der Waals surface area contributed by atoms with E-state index in [9.17, 15) is 4.79 Å². The molecule has 1 aliphatic rings. The molecule has 1 amide bonds. The average molecular weight is 362 g/mol. The Kier molecular flexibility index (Phi) is 4.94. The van der Waals surface area contributed by atoms with Crippen LogP contribution < -0.4 is 15.4 Å². The van der Waals surface area contributed by atoms with Crippen LogP contribution in [0.5, 0.6) is 5.75 Å². The van der Waals surface area contributed by atoms with E-state index in [0.717, 1.165) is 17.4 Å². The second-order valence-corrected chi connectivity index (χ2v) is 6.43. The highest BCUT2D eigenvalue weighted by molar-refractivity contribution is 9.10. The minimum atomic E-state index is -0.391. The van der Waals surface area contributed by atoms with Crippen LogP contribution in [0.3, 0.4) is 0 Å². The van der Waals surface area contributed by atoms with Gasteiger partial charge in [-0.1, -0.05) is 11.6 Å². The van der Waals surface area contributed by atoms with Crippen molar-refractivity contribution in [1.29, 1.82) is 0 Å². The fraction of sp³-hybridized carbons (Fsp3) is 0.500. The molecule has 1 unspecified atom stereocenters. The number of amides is 1. The van der Waals surface area contributed by atoms with E-state index >= 15 is 0 Å². The van der Waals surface area contributed by atoms with E-state index in [1.807, 2.05) is 13.8 Å². The number of hydrogen-bond acceptors (Lipinski definition) is 3. The fourth-order valence-electron chi connectivity index (χ4n) is 2.23. The molecular weight excluding hydrogens is 344 g/mol. The summed E-state index contributed by atoms with van der Waals surface area (Å²) < 4.78 is 6.32. The number of anilines is 1. The highest BCUT2D eigenvalue weighted by Gasteiger charge is 2.36. The predicted octanol–water partition coefficient (Wildman–Crippen LogP) is 3.44. The van der Waals surface area contributed by atoms with Gasteiger partial charge in [-0.05, 0) is 54.9 Å². The van der Waals surface area contributed by atoms with Gasteiger partial charge in [-0.2, -0.15) is 0 Å². The van der Waals surface area contributed by atoms with Crippen molar-refractivity contribution < 1.29 is 9.53 Å². The third-order valence-electron chi connectivity index (χ3n) is 3.46. The smallest absolute Gasteiger partial charge is 0.231 e. The minimum absolute atomic E-state index is 0.0161. The van der Waals surface area contributed by atoms with Gasteiger partial charge in [-0.15, -0.1) is 0 Å². The standard InChI is InChI=1S/C14H18BrClN2O2/c1-3-20-12-10(15)6-9(16)7-11(12)18-13(19)14(2)4-5-17-8-14/h6-7,17H,3-5,8H2,1-2H3,(H,18,19). The lowest BCUT2D eigenvalue weighted by Crippen LogP contribution is -2.35. The molecule has 2 rings (SSSR count). The molecule has 0 bridgehead atoms. The summed E-state index contributed by atoms with van der Waals surface area (Å²) in [6, 6.07) is 3.46. The molecule has 1 aromatic rings. The van der Waals surface area contributed by atoms with Crippen LogP contribution in [0.25, 0.3) is 0 Å². The summed E-state index contributed by atoms with van der Waals surface area (Å²) in [5.74, 6) is 0.595. The number of rotatable bonds is 4. The Morgan fingerprint density at radius 2 is 2.35 bits per heavy atom. The van der Waals surface area contributed by atoms with E-state index in [-0.39, 0.29) is 5.91 Å². The summed E-state index contributed by atoms with van der Waals surface area (Å²) >= 11 is 9.46. The fourth-order valence-corrected chi connectivity index (χ4v) is 3.15. The van der Waals surface area contributed by atoms with Crippen molar-refractivity contribution in [3.05, 3.63) is 21.6 Å². The third kappa shape index (κ3) is 3.27. The molecule has 0 aliphatic carbocycles. The van der Waals surface area contributed by atoms with Gasteiger partial charge >= 0.3 is 0 Å². The zero-order chi connectivity index (χ0) is 14.8. The number of benzene rings is 1. The van der Waals surface area contributed by atoms with Crippen LogP contribution in [0, 0.1) is 5.41 Å². The second-order valence-electron chi connectivity index (χ2n) is 5.14. The van der Waals surface area contributed by atoms with Crippen LogP contribution in [0.2, 0.25) is 5.02 Å². The van der Waals surface area contributed by atoms with Gasteiger partial charge in [-0.3, -0.25) is 4.79 Å². The van der Waals surface area contributed by atoms with E-state index in [1.165, 1.54) is 0 Å². The van der Waals surface area contributed by atoms with Gasteiger partial charge < -0.3 is 15.4 Å². The monoisotopic (exact) mass is 360 g/mol. The van der Waals surface area contributed by atoms with Crippen LogP contribution >= 0.6 is 27.5 Å². The Hall–Kier alpha value is -0.780. The summed E-state index contributed by atoms with van der Waals surface area (Å²) in [5.41, 5.74) is 0.211. The third-order valence-corrected chi connectivity index (χ3v) is 4.27. The summed E-state index contributed by atoms with van der Waals surface area (Å²) in [7, 11) is 0. The molecule has 0 saturated carbocycles. The van der Waals surface area contributed by atoms with Crippen LogP contribution in [-0.4, -0.2) is 25.6 Å². The van der Waals surface area contributed by atoms with Crippen molar-refractivity contribution in [2.75, 3.05) is 25.0 Å². The molecule has 2 N–H and O–H groups in total. The minimum Gasteiger partial charge on any atom is -0.491 e. The van der Waals surface area contributed by atoms with Crippen molar-refractivity contribution in [3.63, 3.8) is 0 Å². The summed E-state index contributed by atoms with van der Waals surface area (Å²) in [5, 5.41) is 6.70. The van der Waals surface area contributed by atoms with E-state index < -0.39 is 5.41 Å². The molecule has 1 atom stereocenters. The number of carbonyl (C=O) groups excluding carboxylic acids is 1. The van der Waals surface area contributed by atoms with Crippen LogP contribution in [0.4, 0.5) is 5.69 Å². The second kappa shape index (κ2) is 6.33. The molecule has 1 fully saturated rings. The molecule has 1 heterocycles. The molecule has 1 aromatic carbocycles. The number of hydrogen-bond donors (Lipinski definition) is 2. The highest BCUT2D eigenvalue weighted by atomic mass is 79.9. The van der Waals surface area contributed by atoms with Crippen molar-refractivity contribution in [3.8, 4) is 5.75 Å². The molecule has 1 aliphatic heterocycles. The first kappa shape index (κ1) is 15.6. The lowest BCUT2D eigenvalue weighted by Gasteiger charge is -2.23. The predicted molar refractivity (Wildman–Crippen MR) is 84.5 cm³/mol. The molecule has 0 radical (unpaired) electrons. The van der Waals surface area contributed by atoms with Crippen molar-refractivity contribution in [2.24, 2.45) is 5.41 Å². The van der Waals surface area contributed by atoms with E-state index in [1.54, 1.807) is 12.1 Å². The molecule has 1 saturated heterocycles. The van der Waals surface area contributed by atoms with Crippen LogP contribution in [0.1, 0.15) is 20.3 Å². The molecule has 110 valence electrons. The molecule has 4 nitrogen and oxygen atoms in total. The topological polar surface area (TPSA) is 50.4 Å². The van der Waals surface area contributed by atoms with Gasteiger partial charge in [0.05, 0.1) is 22.2 Å². The first-order chi connectivity index (χ1) is 9.46. The van der Waals surface area contributed by atoms with E-state index in [2.05, 4.69) is 26.6 Å². The highest BCUT2D eigenvalue weighted by Crippen LogP contribution is 2.38. The van der Waals surface area contributed by atoms with Gasteiger partial charge in [0, 0.05) is 11.6 Å². The number of halogens is 2. The molecule has 20 heavy (non-hydrogen) atoms. The van der Waals surface area contributed by atoms with Crippen LogP contribution in [-0.2, 0) is 4.79 Å². The Bertz CT molecular complexity index is 516. The molecule has 6 heteroatoms. The number of carbonyl (C=O) groups is 1. The number of nitrogens with one attached hydrogen (secondary N) is 2. The maximum atomic E-state index is 12.5. The SMILES string of the molecule is CCOc1c(Br)cc(Cl)cc1NC(=O)C1(C)CCNC1. The first-order valence-corrected chi connectivity index (χ1v) is 7.77.